The van der Waals surface area contributed by atoms with Crippen LogP contribution >= 0.6 is 11.3 Å². The first kappa shape index (κ1) is 31.9. The Labute approximate surface area is 337 Å². The smallest absolute Gasteiger partial charge is 0.143 e. The lowest BCUT2D eigenvalue weighted by atomic mass is 9.83. The Morgan fingerprint density at radius 1 is 0.293 bits per heavy atom. The number of para-hydroxylation sites is 1. The van der Waals surface area contributed by atoms with Crippen molar-refractivity contribution in [2.75, 3.05) is 0 Å². The van der Waals surface area contributed by atoms with Crippen LogP contribution in [0.4, 0.5) is 0 Å². The molecule has 0 bridgehead atoms. The molecule has 0 fully saturated rings. The van der Waals surface area contributed by atoms with E-state index in [4.69, 9.17) is 4.42 Å². The number of hydrogen-bond acceptors (Lipinski definition) is 2. The largest absolute Gasteiger partial charge is 0.455 e. The molecule has 268 valence electrons. The van der Waals surface area contributed by atoms with Gasteiger partial charge in [0.05, 0.1) is 0 Å². The Morgan fingerprint density at radius 3 is 1.60 bits per heavy atom. The van der Waals surface area contributed by atoms with E-state index in [2.05, 4.69) is 188 Å². The molecule has 11 aromatic carbocycles. The molecule has 58 heavy (non-hydrogen) atoms. The van der Waals surface area contributed by atoms with Gasteiger partial charge in [-0.25, -0.2) is 0 Å². The number of hydrogen-bond donors (Lipinski definition) is 0. The lowest BCUT2D eigenvalue weighted by molar-refractivity contribution is 0.672. The van der Waals surface area contributed by atoms with E-state index < -0.39 is 0 Å². The molecule has 0 aliphatic rings. The Hall–Kier alpha value is -7.26. The maximum absolute atomic E-state index is 6.50. The SMILES string of the molecule is c1ccc2c(-c3c4ccccc4c(-c4ccc(-c5ccc6sc7cc8ccc9c%10ccccc%10oc9c8cc7c6c5)c5ccccc45)c4ccccc34)cccc2c1. The number of thiophene rings is 1. The zero-order chi connectivity index (χ0) is 37.9. The minimum atomic E-state index is 0.930. The van der Waals surface area contributed by atoms with Gasteiger partial charge in [0, 0.05) is 36.3 Å². The second-order valence-corrected chi connectivity index (χ2v) is 16.6. The minimum Gasteiger partial charge on any atom is -0.455 e. The van der Waals surface area contributed by atoms with E-state index in [1.54, 1.807) is 0 Å². The molecule has 2 heterocycles. The molecule has 0 atom stereocenters. The maximum Gasteiger partial charge on any atom is 0.143 e. The summed E-state index contributed by atoms with van der Waals surface area (Å²) in [5.74, 6) is 0. The normalized spacial score (nSPS) is 12.1. The summed E-state index contributed by atoms with van der Waals surface area (Å²) in [6.07, 6.45) is 0. The van der Waals surface area contributed by atoms with Gasteiger partial charge in [-0.05, 0) is 118 Å². The van der Waals surface area contributed by atoms with Crippen molar-refractivity contribution in [3.63, 3.8) is 0 Å². The van der Waals surface area contributed by atoms with Crippen LogP contribution in [-0.4, -0.2) is 0 Å². The predicted octanol–water partition coefficient (Wildman–Crippen LogP) is 16.7. The van der Waals surface area contributed by atoms with Gasteiger partial charge >= 0.3 is 0 Å². The zero-order valence-electron chi connectivity index (χ0n) is 31.3. The van der Waals surface area contributed by atoms with Crippen molar-refractivity contribution in [1.29, 1.82) is 0 Å². The van der Waals surface area contributed by atoms with Gasteiger partial charge in [0.1, 0.15) is 11.2 Å². The van der Waals surface area contributed by atoms with Gasteiger partial charge in [0.2, 0.25) is 0 Å². The Morgan fingerprint density at radius 2 is 0.862 bits per heavy atom. The second kappa shape index (κ2) is 12.1. The van der Waals surface area contributed by atoms with Crippen molar-refractivity contribution in [3.8, 4) is 33.4 Å². The Balaban J connectivity index is 1.03. The molecule has 0 aliphatic carbocycles. The summed E-state index contributed by atoms with van der Waals surface area (Å²) in [7, 11) is 0. The first-order chi connectivity index (χ1) is 28.8. The molecule has 0 saturated heterocycles. The molecule has 1 nitrogen and oxygen atoms in total. The summed E-state index contributed by atoms with van der Waals surface area (Å²) >= 11 is 1.87. The van der Waals surface area contributed by atoms with Crippen LogP contribution in [-0.2, 0) is 0 Å². The molecule has 0 N–H and O–H groups in total. The molecule has 0 radical (unpaired) electrons. The van der Waals surface area contributed by atoms with Crippen LogP contribution < -0.4 is 0 Å². The van der Waals surface area contributed by atoms with Gasteiger partial charge in [0.15, 0.2) is 0 Å². The monoisotopic (exact) mass is 752 g/mol. The van der Waals surface area contributed by atoms with Crippen molar-refractivity contribution < 1.29 is 4.42 Å². The first-order valence-electron chi connectivity index (χ1n) is 19.9. The highest BCUT2D eigenvalue weighted by atomic mass is 32.1. The van der Waals surface area contributed by atoms with Gasteiger partial charge in [-0.1, -0.05) is 158 Å². The van der Waals surface area contributed by atoms with E-state index >= 15 is 0 Å². The van der Waals surface area contributed by atoms with Gasteiger partial charge in [-0.3, -0.25) is 0 Å². The molecular formula is C56H32OS. The van der Waals surface area contributed by atoms with Crippen molar-refractivity contribution in [1.82, 2.24) is 0 Å². The molecule has 0 spiro atoms. The molecule has 0 aliphatic heterocycles. The highest BCUT2D eigenvalue weighted by molar-refractivity contribution is 7.25. The van der Waals surface area contributed by atoms with Gasteiger partial charge in [-0.2, -0.15) is 0 Å². The van der Waals surface area contributed by atoms with Crippen LogP contribution in [0.3, 0.4) is 0 Å². The molecular weight excluding hydrogens is 721 g/mol. The lowest BCUT2D eigenvalue weighted by Gasteiger charge is -2.20. The second-order valence-electron chi connectivity index (χ2n) is 15.5. The van der Waals surface area contributed by atoms with E-state index in [0.29, 0.717) is 0 Å². The Bertz CT molecular complexity index is 3800. The topological polar surface area (TPSA) is 13.1 Å². The zero-order valence-corrected chi connectivity index (χ0v) is 32.1. The average molecular weight is 753 g/mol. The fourth-order valence-electron chi connectivity index (χ4n) is 9.87. The van der Waals surface area contributed by atoms with Crippen LogP contribution in [0.1, 0.15) is 0 Å². The fraction of sp³-hybridized carbons (Fsp3) is 0. The van der Waals surface area contributed by atoms with Gasteiger partial charge in [0.25, 0.3) is 0 Å². The van der Waals surface area contributed by atoms with Crippen LogP contribution in [0.15, 0.2) is 199 Å². The van der Waals surface area contributed by atoms with Crippen LogP contribution in [0.25, 0.3) is 129 Å². The van der Waals surface area contributed by atoms with Gasteiger partial charge in [-0.15, -0.1) is 11.3 Å². The van der Waals surface area contributed by atoms with E-state index in [1.165, 1.54) is 102 Å². The molecule has 0 unspecified atom stereocenters. The van der Waals surface area contributed by atoms with E-state index in [1.807, 2.05) is 17.4 Å². The third-order valence-corrected chi connectivity index (χ3v) is 13.6. The van der Waals surface area contributed by atoms with Gasteiger partial charge < -0.3 is 4.42 Å². The van der Waals surface area contributed by atoms with Crippen molar-refractivity contribution in [2.45, 2.75) is 0 Å². The predicted molar refractivity (Wildman–Crippen MR) is 250 cm³/mol. The highest BCUT2D eigenvalue weighted by Gasteiger charge is 2.20. The maximum atomic E-state index is 6.50. The third-order valence-electron chi connectivity index (χ3n) is 12.4. The molecule has 0 amide bonds. The van der Waals surface area contributed by atoms with E-state index in [-0.39, 0.29) is 0 Å². The average Bonchev–Trinajstić information content (AvgIpc) is 3.85. The van der Waals surface area contributed by atoms with Crippen molar-refractivity contribution >= 4 is 107 Å². The minimum absolute atomic E-state index is 0.930. The highest BCUT2D eigenvalue weighted by Crippen LogP contribution is 2.48. The molecule has 13 rings (SSSR count). The molecule has 0 saturated carbocycles. The molecule has 13 aromatic rings. The summed E-state index contributed by atoms with van der Waals surface area (Å²) in [5, 5.41) is 17.3. The third kappa shape index (κ3) is 4.52. The fourth-order valence-corrected chi connectivity index (χ4v) is 11.0. The van der Waals surface area contributed by atoms with Crippen LogP contribution in [0.2, 0.25) is 0 Å². The Kier molecular flexibility index (Phi) is 6.66. The van der Waals surface area contributed by atoms with Crippen LogP contribution in [0, 0.1) is 0 Å². The number of furan rings is 1. The number of benzene rings is 11. The van der Waals surface area contributed by atoms with E-state index in [0.717, 1.165) is 27.3 Å². The summed E-state index contributed by atoms with van der Waals surface area (Å²) in [4.78, 5) is 0. The molecule has 2 aromatic heterocycles. The lowest BCUT2D eigenvalue weighted by Crippen LogP contribution is -1.93. The van der Waals surface area contributed by atoms with E-state index in [9.17, 15) is 0 Å². The standard InChI is InChI=1S/C56H32OS/c1-2-14-36-33(12-1)13-11-22-41(36)54-42-18-5-7-20-44(42)55(45-21-8-6-19-43(45)54)46-28-27-37(38-15-3-4-16-39(38)46)34-25-29-52-49(30-34)50-32-48-35(31-53(50)58-52)24-26-47-40-17-9-10-23-51(40)57-56(47)48/h1-32H. The van der Waals surface area contributed by atoms with Crippen LogP contribution in [0.5, 0.6) is 0 Å². The molecule has 2 heteroatoms. The van der Waals surface area contributed by atoms with Crippen molar-refractivity contribution in [2.24, 2.45) is 0 Å². The summed E-state index contributed by atoms with van der Waals surface area (Å²) < 4.78 is 9.08. The number of fused-ring (bicyclic) bond motifs is 12. The number of rotatable bonds is 3. The summed E-state index contributed by atoms with van der Waals surface area (Å²) in [5.41, 5.74) is 9.43. The quantitative estimate of drug-likeness (QED) is 0.164. The van der Waals surface area contributed by atoms with Crippen molar-refractivity contribution in [3.05, 3.63) is 194 Å². The summed E-state index contributed by atoms with van der Waals surface area (Å²) in [6.45, 7) is 0. The first-order valence-corrected chi connectivity index (χ1v) is 20.7. The summed E-state index contributed by atoms with van der Waals surface area (Å²) in [6, 6.07) is 71.6.